The summed E-state index contributed by atoms with van der Waals surface area (Å²) >= 11 is 0. The smallest absolute Gasteiger partial charge is 0.172 e. The first-order valence-electron chi connectivity index (χ1n) is 7.17. The second-order valence-electron chi connectivity index (χ2n) is 6.44. The molecule has 1 unspecified atom stereocenters. The van der Waals surface area contributed by atoms with Crippen LogP contribution in [0.5, 0.6) is 0 Å². The molecular weight excluding hydrogens is 228 g/mol. The van der Waals surface area contributed by atoms with E-state index >= 15 is 0 Å². The van der Waals surface area contributed by atoms with Gasteiger partial charge in [0.2, 0.25) is 0 Å². The molecule has 0 aromatic heterocycles. The Balaban J connectivity index is 1.88. The summed E-state index contributed by atoms with van der Waals surface area (Å²) in [5, 5.41) is 9.57. The van der Waals surface area contributed by atoms with Gasteiger partial charge in [-0.3, -0.25) is 0 Å². The van der Waals surface area contributed by atoms with E-state index in [1.165, 1.54) is 12.8 Å². The Morgan fingerprint density at radius 3 is 2.61 bits per heavy atom. The van der Waals surface area contributed by atoms with E-state index in [-0.39, 0.29) is 5.41 Å². The van der Waals surface area contributed by atoms with Crippen molar-refractivity contribution in [3.63, 3.8) is 0 Å². The van der Waals surface area contributed by atoms with Crippen LogP contribution in [0.15, 0.2) is 12.2 Å². The first kappa shape index (κ1) is 12.6. The molecule has 0 aromatic carbocycles. The van der Waals surface area contributed by atoms with Gasteiger partial charge in [-0.1, -0.05) is 25.5 Å². The number of ether oxygens (including phenoxy) is 2. The maximum Gasteiger partial charge on any atom is 0.172 e. The van der Waals surface area contributed by atoms with Gasteiger partial charge in [-0.05, 0) is 37.0 Å². The molecule has 0 bridgehead atoms. The molecule has 1 aliphatic heterocycles. The molecule has 3 nitrogen and oxygen atoms in total. The molecule has 3 rings (SSSR count). The third kappa shape index (κ3) is 1.68. The Morgan fingerprint density at radius 1 is 1.22 bits per heavy atom. The van der Waals surface area contributed by atoms with E-state index in [0.717, 1.165) is 6.42 Å². The molecule has 1 saturated carbocycles. The van der Waals surface area contributed by atoms with Crippen molar-refractivity contribution in [3.8, 4) is 0 Å². The molecular formula is C15H24O3. The first-order valence-corrected chi connectivity index (χ1v) is 7.17. The number of aliphatic hydroxyl groups excluding tert-OH is 1. The summed E-state index contributed by atoms with van der Waals surface area (Å²) in [7, 11) is 0. The van der Waals surface area contributed by atoms with Crippen molar-refractivity contribution < 1.29 is 14.6 Å². The molecule has 102 valence electrons. The quantitative estimate of drug-likeness (QED) is 0.767. The predicted molar refractivity (Wildman–Crippen MR) is 69.0 cm³/mol. The molecule has 0 radical (unpaired) electrons. The third-order valence-corrected chi connectivity index (χ3v) is 5.44. The first-order chi connectivity index (χ1) is 8.60. The van der Waals surface area contributed by atoms with Crippen LogP contribution < -0.4 is 0 Å². The molecule has 1 saturated heterocycles. The Bertz CT molecular complexity index is 346. The number of hydrogen-bond donors (Lipinski definition) is 1. The zero-order valence-corrected chi connectivity index (χ0v) is 11.4. The maximum atomic E-state index is 9.57. The van der Waals surface area contributed by atoms with Crippen molar-refractivity contribution in [2.75, 3.05) is 19.8 Å². The van der Waals surface area contributed by atoms with Crippen LogP contribution in [0.25, 0.3) is 0 Å². The van der Waals surface area contributed by atoms with Crippen molar-refractivity contribution in [3.05, 3.63) is 12.2 Å². The van der Waals surface area contributed by atoms with Crippen molar-refractivity contribution in [2.45, 2.75) is 38.9 Å². The second kappa shape index (κ2) is 4.32. The van der Waals surface area contributed by atoms with Crippen molar-refractivity contribution in [1.29, 1.82) is 0 Å². The monoisotopic (exact) mass is 252 g/mol. The van der Waals surface area contributed by atoms with E-state index in [1.807, 2.05) is 0 Å². The van der Waals surface area contributed by atoms with Gasteiger partial charge >= 0.3 is 0 Å². The minimum Gasteiger partial charge on any atom is -0.396 e. The highest BCUT2D eigenvalue weighted by Crippen LogP contribution is 2.58. The van der Waals surface area contributed by atoms with Crippen molar-refractivity contribution >= 4 is 0 Å². The van der Waals surface area contributed by atoms with Gasteiger partial charge < -0.3 is 14.6 Å². The lowest BCUT2D eigenvalue weighted by Crippen LogP contribution is -2.48. The van der Waals surface area contributed by atoms with Crippen molar-refractivity contribution in [2.24, 2.45) is 23.2 Å². The molecule has 0 spiro atoms. The van der Waals surface area contributed by atoms with Crippen molar-refractivity contribution in [1.82, 2.24) is 0 Å². The van der Waals surface area contributed by atoms with E-state index in [1.54, 1.807) is 0 Å². The zero-order valence-electron chi connectivity index (χ0n) is 11.4. The lowest BCUT2D eigenvalue weighted by atomic mass is 9.59. The summed E-state index contributed by atoms with van der Waals surface area (Å²) in [6.45, 7) is 6.12. The second-order valence-corrected chi connectivity index (χ2v) is 6.44. The van der Waals surface area contributed by atoms with Crippen LogP contribution in [-0.4, -0.2) is 30.7 Å². The number of rotatable bonds is 2. The summed E-state index contributed by atoms with van der Waals surface area (Å²) in [5.41, 5.74) is 0.185. The highest BCUT2D eigenvalue weighted by Gasteiger charge is 2.56. The van der Waals surface area contributed by atoms with E-state index in [9.17, 15) is 5.11 Å². The SMILES string of the molecule is CC1([C@H]2C=CC3[C@H](CO)CCC[C@]32C)OCCO1. The van der Waals surface area contributed by atoms with Gasteiger partial charge in [-0.25, -0.2) is 0 Å². The largest absolute Gasteiger partial charge is 0.396 e. The van der Waals surface area contributed by atoms with Gasteiger partial charge in [0.25, 0.3) is 0 Å². The highest BCUT2D eigenvalue weighted by atomic mass is 16.7. The topological polar surface area (TPSA) is 38.7 Å². The summed E-state index contributed by atoms with van der Waals surface area (Å²) < 4.78 is 11.7. The van der Waals surface area contributed by atoms with Crippen LogP contribution in [0.4, 0.5) is 0 Å². The van der Waals surface area contributed by atoms with Crippen LogP contribution in [0.2, 0.25) is 0 Å². The standard InChI is InChI=1S/C15H24O3/c1-14-7-3-4-11(10-16)12(14)5-6-13(14)15(2)17-8-9-18-15/h5-6,11-13,16H,3-4,7-10H2,1-2H3/t11-,12?,13-,14+/m0/s1. The fraction of sp³-hybridized carbons (Fsp3) is 0.867. The Kier molecular flexibility index (Phi) is 3.04. The van der Waals surface area contributed by atoms with Crippen LogP contribution in [-0.2, 0) is 9.47 Å². The van der Waals surface area contributed by atoms with Gasteiger partial charge in [-0.2, -0.15) is 0 Å². The molecule has 1 heterocycles. The van der Waals surface area contributed by atoms with E-state index in [0.29, 0.717) is 37.6 Å². The fourth-order valence-electron chi connectivity index (χ4n) is 4.51. The lowest BCUT2D eigenvalue weighted by Gasteiger charge is -2.48. The van der Waals surface area contributed by atoms with Gasteiger partial charge in [0.1, 0.15) is 0 Å². The molecule has 3 aliphatic rings. The molecule has 0 aromatic rings. The molecule has 0 amide bonds. The van der Waals surface area contributed by atoms with Crippen LogP contribution in [0, 0.1) is 23.2 Å². The molecule has 4 atom stereocenters. The third-order valence-electron chi connectivity index (χ3n) is 5.44. The Morgan fingerprint density at radius 2 is 1.94 bits per heavy atom. The predicted octanol–water partition coefficient (Wildman–Crippen LogP) is 2.35. The Labute approximate surface area is 109 Å². The molecule has 18 heavy (non-hydrogen) atoms. The average molecular weight is 252 g/mol. The van der Waals surface area contributed by atoms with E-state index < -0.39 is 5.79 Å². The number of fused-ring (bicyclic) bond motifs is 1. The van der Waals surface area contributed by atoms with Gasteiger partial charge in [0, 0.05) is 12.5 Å². The van der Waals surface area contributed by atoms with Crippen LogP contribution in [0.1, 0.15) is 33.1 Å². The molecule has 3 heteroatoms. The minimum atomic E-state index is -0.461. The summed E-state index contributed by atoms with van der Waals surface area (Å²) in [6.07, 6.45) is 8.14. The van der Waals surface area contributed by atoms with Crippen LogP contribution >= 0.6 is 0 Å². The number of allylic oxidation sites excluding steroid dienone is 1. The summed E-state index contributed by atoms with van der Waals surface area (Å²) in [4.78, 5) is 0. The lowest BCUT2D eigenvalue weighted by molar-refractivity contribution is -0.202. The number of hydrogen-bond acceptors (Lipinski definition) is 3. The highest BCUT2D eigenvalue weighted by molar-refractivity contribution is 5.18. The molecule has 2 aliphatic carbocycles. The zero-order chi connectivity index (χ0) is 12.8. The van der Waals surface area contributed by atoms with Gasteiger partial charge in [0.15, 0.2) is 5.79 Å². The maximum absolute atomic E-state index is 9.57. The Hall–Kier alpha value is -0.380. The fourth-order valence-corrected chi connectivity index (χ4v) is 4.51. The van der Waals surface area contributed by atoms with Crippen LogP contribution in [0.3, 0.4) is 0 Å². The average Bonchev–Trinajstić information content (AvgIpc) is 2.92. The normalized spacial score (nSPS) is 46.3. The summed E-state index contributed by atoms with van der Waals surface area (Å²) in [5.74, 6) is 0.741. The molecule has 2 fully saturated rings. The van der Waals surface area contributed by atoms with Gasteiger partial charge in [-0.15, -0.1) is 0 Å². The minimum absolute atomic E-state index is 0.185. The van der Waals surface area contributed by atoms with E-state index in [4.69, 9.17) is 9.47 Å². The van der Waals surface area contributed by atoms with E-state index in [2.05, 4.69) is 26.0 Å². The molecule has 1 N–H and O–H groups in total. The van der Waals surface area contributed by atoms with Gasteiger partial charge in [0.05, 0.1) is 13.2 Å². The number of aliphatic hydroxyl groups is 1. The summed E-state index contributed by atoms with van der Waals surface area (Å²) in [6, 6.07) is 0.